The summed E-state index contributed by atoms with van der Waals surface area (Å²) in [5, 5.41) is 12.8. The average Bonchev–Trinajstić information content (AvgIpc) is 3.57. The predicted octanol–water partition coefficient (Wildman–Crippen LogP) is 2.01. The number of nitriles is 1. The normalized spacial score (nSPS) is 24.0. The van der Waals surface area contributed by atoms with Crippen molar-refractivity contribution in [1.29, 1.82) is 5.26 Å². The van der Waals surface area contributed by atoms with Crippen LogP contribution in [0.3, 0.4) is 0 Å². The molecule has 0 saturated carbocycles. The summed E-state index contributed by atoms with van der Waals surface area (Å²) >= 11 is 1.84. The summed E-state index contributed by atoms with van der Waals surface area (Å²) in [6.07, 6.45) is 2.69. The van der Waals surface area contributed by atoms with E-state index in [1.807, 2.05) is 47.0 Å². The fourth-order valence-corrected chi connectivity index (χ4v) is 5.88. The molecule has 1 amide bonds. The first-order valence-electron chi connectivity index (χ1n) is 11.3. The topological polar surface area (TPSA) is 75.5 Å². The SMILES string of the molecule is N#Cc1ccc(N2CCN([C@@H]3CN[C@H](C(=O)N4CCSC4)C3)CC2)c(-c2ccccn2)c1. The lowest BCUT2D eigenvalue weighted by Gasteiger charge is -2.39. The highest BCUT2D eigenvalue weighted by Crippen LogP contribution is 2.32. The highest BCUT2D eigenvalue weighted by Gasteiger charge is 2.36. The lowest BCUT2D eigenvalue weighted by Crippen LogP contribution is -2.51. The number of carbonyl (C=O) groups excluding carboxylic acids is 1. The molecule has 3 fully saturated rings. The number of thioether (sulfide) groups is 1. The van der Waals surface area contributed by atoms with Gasteiger partial charge in [0.05, 0.1) is 29.2 Å². The molecule has 8 heteroatoms. The Hall–Kier alpha value is -2.60. The van der Waals surface area contributed by atoms with Crippen LogP contribution in [0.15, 0.2) is 42.6 Å². The first-order chi connectivity index (χ1) is 15.7. The van der Waals surface area contributed by atoms with Crippen molar-refractivity contribution in [3.05, 3.63) is 48.2 Å². The highest BCUT2D eigenvalue weighted by atomic mass is 32.2. The Morgan fingerprint density at radius 2 is 2.03 bits per heavy atom. The van der Waals surface area contributed by atoms with Crippen molar-refractivity contribution in [1.82, 2.24) is 20.1 Å². The van der Waals surface area contributed by atoms with E-state index in [4.69, 9.17) is 0 Å². The van der Waals surface area contributed by atoms with Gasteiger partial charge in [-0.2, -0.15) is 5.26 Å². The summed E-state index contributed by atoms with van der Waals surface area (Å²) in [6, 6.07) is 14.4. The Morgan fingerprint density at radius 1 is 1.16 bits per heavy atom. The zero-order chi connectivity index (χ0) is 21.9. The second kappa shape index (κ2) is 9.49. The molecule has 1 aromatic carbocycles. The molecule has 0 bridgehead atoms. The van der Waals surface area contributed by atoms with Crippen LogP contribution in [0.2, 0.25) is 0 Å². The molecule has 3 aliphatic rings. The molecule has 32 heavy (non-hydrogen) atoms. The lowest BCUT2D eigenvalue weighted by atomic mass is 10.0. The van der Waals surface area contributed by atoms with Crippen molar-refractivity contribution < 1.29 is 4.79 Å². The van der Waals surface area contributed by atoms with Crippen LogP contribution in [0.4, 0.5) is 5.69 Å². The van der Waals surface area contributed by atoms with E-state index < -0.39 is 0 Å². The van der Waals surface area contributed by atoms with E-state index in [1.165, 1.54) is 0 Å². The predicted molar refractivity (Wildman–Crippen MR) is 127 cm³/mol. The summed E-state index contributed by atoms with van der Waals surface area (Å²) in [4.78, 5) is 24.2. The molecule has 166 valence electrons. The van der Waals surface area contributed by atoms with E-state index in [2.05, 4.69) is 32.2 Å². The van der Waals surface area contributed by atoms with Crippen LogP contribution in [-0.2, 0) is 4.79 Å². The summed E-state index contributed by atoms with van der Waals surface area (Å²) in [7, 11) is 0. The Kier molecular flexibility index (Phi) is 6.30. The summed E-state index contributed by atoms with van der Waals surface area (Å²) in [5.74, 6) is 2.16. The Labute approximate surface area is 193 Å². The Morgan fingerprint density at radius 3 is 2.75 bits per heavy atom. The number of nitrogens with zero attached hydrogens (tertiary/aromatic N) is 5. The number of carbonyl (C=O) groups is 1. The molecule has 5 rings (SSSR count). The lowest BCUT2D eigenvalue weighted by molar-refractivity contribution is -0.131. The van der Waals surface area contributed by atoms with Crippen molar-refractivity contribution >= 4 is 23.4 Å². The highest BCUT2D eigenvalue weighted by molar-refractivity contribution is 7.99. The van der Waals surface area contributed by atoms with Gasteiger partial charge in [0, 0.05) is 68.5 Å². The molecule has 7 nitrogen and oxygen atoms in total. The zero-order valence-corrected chi connectivity index (χ0v) is 18.9. The number of piperazine rings is 1. The first kappa shape index (κ1) is 21.3. The van der Waals surface area contributed by atoms with Gasteiger partial charge in [-0.05, 0) is 36.8 Å². The van der Waals surface area contributed by atoms with Gasteiger partial charge in [-0.15, -0.1) is 11.8 Å². The number of benzene rings is 1. The minimum Gasteiger partial charge on any atom is -0.368 e. The smallest absolute Gasteiger partial charge is 0.240 e. The molecule has 0 unspecified atom stereocenters. The van der Waals surface area contributed by atoms with Gasteiger partial charge in [0.25, 0.3) is 0 Å². The quantitative estimate of drug-likeness (QED) is 0.767. The molecular formula is C24H28N6OS. The van der Waals surface area contributed by atoms with Crippen LogP contribution in [0.5, 0.6) is 0 Å². The Bertz CT molecular complexity index is 995. The van der Waals surface area contributed by atoms with Crippen molar-refractivity contribution in [2.24, 2.45) is 0 Å². The van der Waals surface area contributed by atoms with E-state index in [1.54, 1.807) is 6.20 Å². The van der Waals surface area contributed by atoms with Gasteiger partial charge in [-0.25, -0.2) is 0 Å². The van der Waals surface area contributed by atoms with Crippen molar-refractivity contribution in [3.63, 3.8) is 0 Å². The Balaban J connectivity index is 1.24. The zero-order valence-electron chi connectivity index (χ0n) is 18.1. The van der Waals surface area contributed by atoms with E-state index in [-0.39, 0.29) is 11.9 Å². The number of anilines is 1. The van der Waals surface area contributed by atoms with Crippen molar-refractivity contribution in [3.8, 4) is 17.3 Å². The molecule has 2 atom stereocenters. The molecule has 0 aliphatic carbocycles. The maximum Gasteiger partial charge on any atom is 0.240 e. The third-order valence-electron chi connectivity index (χ3n) is 6.71. The van der Waals surface area contributed by atoms with Crippen LogP contribution in [0.1, 0.15) is 12.0 Å². The molecule has 1 aromatic heterocycles. The van der Waals surface area contributed by atoms with Crippen LogP contribution in [0, 0.1) is 11.3 Å². The average molecular weight is 449 g/mol. The van der Waals surface area contributed by atoms with Gasteiger partial charge in [0.15, 0.2) is 0 Å². The molecule has 0 spiro atoms. The van der Waals surface area contributed by atoms with Crippen LogP contribution < -0.4 is 10.2 Å². The molecule has 3 aliphatic heterocycles. The van der Waals surface area contributed by atoms with Crippen LogP contribution in [0.25, 0.3) is 11.3 Å². The second-order valence-electron chi connectivity index (χ2n) is 8.57. The maximum atomic E-state index is 12.7. The number of pyridine rings is 1. The standard InChI is InChI=1S/C24H28N6OS/c25-15-18-4-5-23(20(13-18)21-3-1-2-6-26-21)29-9-7-28(8-10-29)19-14-22(27-16-19)24(31)30-11-12-32-17-30/h1-6,13,19,22,27H,7-12,14,16-17H2/t19-,22-/m0/s1. The van der Waals surface area contributed by atoms with Gasteiger partial charge in [0.1, 0.15) is 0 Å². The van der Waals surface area contributed by atoms with Gasteiger partial charge >= 0.3 is 0 Å². The summed E-state index contributed by atoms with van der Waals surface area (Å²) < 4.78 is 0. The molecule has 3 saturated heterocycles. The van der Waals surface area contributed by atoms with Crippen molar-refractivity contribution in [2.45, 2.75) is 18.5 Å². The van der Waals surface area contributed by atoms with E-state index in [9.17, 15) is 10.1 Å². The van der Waals surface area contributed by atoms with Crippen molar-refractivity contribution in [2.75, 3.05) is 55.8 Å². The van der Waals surface area contributed by atoms with E-state index in [0.29, 0.717) is 11.6 Å². The first-order valence-corrected chi connectivity index (χ1v) is 12.4. The fourth-order valence-electron chi connectivity index (χ4n) is 4.93. The fraction of sp³-hybridized carbons (Fsp3) is 0.458. The minimum atomic E-state index is -0.0361. The van der Waals surface area contributed by atoms with E-state index in [0.717, 1.165) is 74.3 Å². The number of nitrogens with one attached hydrogen (secondary N) is 1. The number of hydrogen-bond acceptors (Lipinski definition) is 7. The number of amides is 1. The number of hydrogen-bond donors (Lipinski definition) is 1. The molecule has 2 aromatic rings. The second-order valence-corrected chi connectivity index (χ2v) is 9.65. The summed E-state index contributed by atoms with van der Waals surface area (Å²) in [5.41, 5.74) is 3.68. The van der Waals surface area contributed by atoms with Crippen LogP contribution >= 0.6 is 11.8 Å². The van der Waals surface area contributed by atoms with Gasteiger partial charge in [0.2, 0.25) is 5.91 Å². The third-order valence-corrected chi connectivity index (χ3v) is 7.67. The molecule has 0 radical (unpaired) electrons. The largest absolute Gasteiger partial charge is 0.368 e. The third kappa shape index (κ3) is 4.33. The molecular weight excluding hydrogens is 420 g/mol. The molecule has 4 heterocycles. The van der Waals surface area contributed by atoms with Gasteiger partial charge in [-0.1, -0.05) is 6.07 Å². The summed E-state index contributed by atoms with van der Waals surface area (Å²) in [6.45, 7) is 5.54. The van der Waals surface area contributed by atoms with E-state index >= 15 is 0 Å². The van der Waals surface area contributed by atoms with Crippen LogP contribution in [-0.4, -0.2) is 83.7 Å². The molecule has 1 N–H and O–H groups in total. The monoisotopic (exact) mass is 448 g/mol. The number of rotatable bonds is 4. The minimum absolute atomic E-state index is 0.0361. The number of aromatic nitrogens is 1. The van der Waals surface area contributed by atoms with Gasteiger partial charge < -0.3 is 15.1 Å². The van der Waals surface area contributed by atoms with Gasteiger partial charge in [-0.3, -0.25) is 14.7 Å². The maximum absolute atomic E-state index is 12.7.